The van der Waals surface area contributed by atoms with Crippen LogP contribution in [0.3, 0.4) is 0 Å². The Labute approximate surface area is 156 Å². The average molecular weight is 361 g/mol. The fourth-order valence-corrected chi connectivity index (χ4v) is 3.60. The van der Waals surface area contributed by atoms with Crippen LogP contribution in [0.4, 0.5) is 5.69 Å². The Hall–Kier alpha value is -3.28. The predicted molar refractivity (Wildman–Crippen MR) is 103 cm³/mol. The number of Topliss-reactive ketones (excluding diaryl/α,β-unsaturated/α-hetero) is 1. The van der Waals surface area contributed by atoms with Crippen molar-refractivity contribution in [2.75, 3.05) is 4.90 Å². The largest absolute Gasteiger partial charge is 0.302 e. The van der Waals surface area contributed by atoms with Gasteiger partial charge in [0.25, 0.3) is 5.56 Å². The number of carbonyl (C=O) groups excluding carboxylic acids is 2. The molecule has 136 valence electrons. The molecule has 0 saturated heterocycles. The molecule has 0 spiro atoms. The normalized spacial score (nSPS) is 16.9. The zero-order valence-electron chi connectivity index (χ0n) is 15.2. The minimum Gasteiger partial charge on any atom is -0.302 e. The van der Waals surface area contributed by atoms with Crippen LogP contribution < -0.4 is 10.5 Å². The molecule has 1 unspecified atom stereocenters. The van der Waals surface area contributed by atoms with Gasteiger partial charge in [-0.1, -0.05) is 12.1 Å². The Bertz CT molecular complexity index is 1120. The van der Waals surface area contributed by atoms with Gasteiger partial charge in [0.1, 0.15) is 5.82 Å². The van der Waals surface area contributed by atoms with Crippen molar-refractivity contribution < 1.29 is 9.59 Å². The standard InChI is InChI=1S/C21H19N3O3/c1-13-20-22-18-6-4-3-5-17(18)21(27)23(20)12-11-19(26)24(13)16-9-7-15(8-10-16)14(2)25/h3-10,13H,11-12H2,1-2H3. The van der Waals surface area contributed by atoms with Crippen LogP contribution in [0.1, 0.15) is 42.5 Å². The second-order valence-corrected chi connectivity index (χ2v) is 6.74. The first-order valence-electron chi connectivity index (χ1n) is 8.90. The van der Waals surface area contributed by atoms with Gasteiger partial charge < -0.3 is 4.90 Å². The molecular weight excluding hydrogens is 342 g/mol. The van der Waals surface area contributed by atoms with Gasteiger partial charge >= 0.3 is 0 Å². The molecule has 4 rings (SSSR count). The summed E-state index contributed by atoms with van der Waals surface area (Å²) in [7, 11) is 0. The highest BCUT2D eigenvalue weighted by Crippen LogP contribution is 2.30. The number of anilines is 1. The van der Waals surface area contributed by atoms with Gasteiger partial charge in [-0.3, -0.25) is 19.0 Å². The molecule has 6 heteroatoms. The van der Waals surface area contributed by atoms with Crippen LogP contribution in [0.15, 0.2) is 53.3 Å². The van der Waals surface area contributed by atoms with Crippen molar-refractivity contribution in [3.63, 3.8) is 0 Å². The van der Waals surface area contributed by atoms with Crippen LogP contribution in [0.25, 0.3) is 10.9 Å². The Kier molecular flexibility index (Phi) is 4.11. The first kappa shape index (κ1) is 17.1. The molecule has 3 aromatic rings. The Morgan fingerprint density at radius 3 is 2.48 bits per heavy atom. The van der Waals surface area contributed by atoms with E-state index in [9.17, 15) is 14.4 Å². The van der Waals surface area contributed by atoms with Crippen molar-refractivity contribution >= 4 is 28.3 Å². The topological polar surface area (TPSA) is 72.3 Å². The summed E-state index contributed by atoms with van der Waals surface area (Å²) in [6, 6.07) is 13.8. The fourth-order valence-electron chi connectivity index (χ4n) is 3.60. The van der Waals surface area contributed by atoms with Crippen molar-refractivity contribution in [1.82, 2.24) is 9.55 Å². The minimum absolute atomic E-state index is 0.0261. The van der Waals surface area contributed by atoms with Gasteiger partial charge in [0.05, 0.1) is 16.9 Å². The van der Waals surface area contributed by atoms with Crippen molar-refractivity contribution in [2.24, 2.45) is 0 Å². The third-order valence-corrected chi connectivity index (χ3v) is 5.02. The number of carbonyl (C=O) groups is 2. The zero-order chi connectivity index (χ0) is 19.1. The van der Waals surface area contributed by atoms with Gasteiger partial charge in [-0.05, 0) is 50.2 Å². The smallest absolute Gasteiger partial charge is 0.261 e. The first-order chi connectivity index (χ1) is 13.0. The molecule has 0 aliphatic carbocycles. The molecule has 1 aromatic heterocycles. The van der Waals surface area contributed by atoms with E-state index in [1.165, 1.54) is 6.92 Å². The van der Waals surface area contributed by atoms with Crippen LogP contribution in [-0.4, -0.2) is 21.2 Å². The van der Waals surface area contributed by atoms with Crippen molar-refractivity contribution in [1.29, 1.82) is 0 Å². The highest BCUT2D eigenvalue weighted by Gasteiger charge is 2.30. The maximum absolute atomic E-state index is 12.9. The van der Waals surface area contributed by atoms with Crippen LogP contribution in [-0.2, 0) is 11.3 Å². The van der Waals surface area contributed by atoms with E-state index < -0.39 is 6.04 Å². The Balaban J connectivity index is 1.85. The number of fused-ring (bicyclic) bond motifs is 2. The lowest BCUT2D eigenvalue weighted by atomic mass is 10.1. The van der Waals surface area contributed by atoms with Gasteiger partial charge in [0, 0.05) is 24.2 Å². The summed E-state index contributed by atoms with van der Waals surface area (Å²) in [5.74, 6) is 0.467. The van der Waals surface area contributed by atoms with E-state index in [-0.39, 0.29) is 23.7 Å². The van der Waals surface area contributed by atoms with Crippen molar-refractivity contribution in [3.8, 4) is 0 Å². The molecular formula is C21H19N3O3. The summed E-state index contributed by atoms with van der Waals surface area (Å²) in [5, 5.41) is 0.556. The molecule has 27 heavy (non-hydrogen) atoms. The van der Waals surface area contributed by atoms with Gasteiger partial charge in [0.2, 0.25) is 5.91 Å². The number of benzene rings is 2. The van der Waals surface area contributed by atoms with Crippen LogP contribution in [0.2, 0.25) is 0 Å². The number of ketones is 1. The summed E-state index contributed by atoms with van der Waals surface area (Å²) in [5.41, 5.74) is 1.79. The molecule has 1 atom stereocenters. The highest BCUT2D eigenvalue weighted by atomic mass is 16.2. The lowest BCUT2D eigenvalue weighted by molar-refractivity contribution is -0.119. The SMILES string of the molecule is CC(=O)c1ccc(N2C(=O)CCn3c(nc4ccccc4c3=O)C2C)cc1. The number of hydrogen-bond donors (Lipinski definition) is 0. The summed E-state index contributed by atoms with van der Waals surface area (Å²) in [4.78, 5) is 43.6. The quantitative estimate of drug-likeness (QED) is 0.658. The third-order valence-electron chi connectivity index (χ3n) is 5.02. The maximum atomic E-state index is 12.9. The summed E-state index contributed by atoms with van der Waals surface area (Å²) < 4.78 is 1.61. The van der Waals surface area contributed by atoms with Crippen LogP contribution >= 0.6 is 0 Å². The number of aromatic nitrogens is 2. The molecule has 0 radical (unpaired) electrons. The fraction of sp³-hybridized carbons (Fsp3) is 0.238. The minimum atomic E-state index is -0.402. The molecule has 0 fully saturated rings. The third kappa shape index (κ3) is 2.83. The first-order valence-corrected chi connectivity index (χ1v) is 8.90. The molecule has 6 nitrogen and oxygen atoms in total. The van der Waals surface area contributed by atoms with E-state index in [4.69, 9.17) is 0 Å². The second kappa shape index (κ2) is 6.46. The van der Waals surface area contributed by atoms with Crippen LogP contribution in [0, 0.1) is 0 Å². The van der Waals surface area contributed by atoms with E-state index in [0.29, 0.717) is 34.5 Å². The highest BCUT2D eigenvalue weighted by molar-refractivity contribution is 5.97. The van der Waals surface area contributed by atoms with E-state index >= 15 is 0 Å². The average Bonchev–Trinajstić information content (AvgIpc) is 2.79. The molecule has 1 aliphatic rings. The number of rotatable bonds is 2. The van der Waals surface area contributed by atoms with Gasteiger partial charge in [-0.25, -0.2) is 4.98 Å². The summed E-state index contributed by atoms with van der Waals surface area (Å²) >= 11 is 0. The zero-order valence-corrected chi connectivity index (χ0v) is 15.2. The number of amides is 1. The van der Waals surface area contributed by atoms with Crippen molar-refractivity contribution in [2.45, 2.75) is 32.9 Å². The summed E-state index contributed by atoms with van der Waals surface area (Å²) in [6.45, 7) is 3.68. The number of hydrogen-bond acceptors (Lipinski definition) is 4. The molecule has 0 N–H and O–H groups in total. The molecule has 1 amide bonds. The number of para-hydroxylation sites is 1. The molecule has 0 saturated carbocycles. The van der Waals surface area contributed by atoms with E-state index in [2.05, 4.69) is 4.98 Å². The lowest BCUT2D eigenvalue weighted by Crippen LogP contribution is -2.33. The van der Waals surface area contributed by atoms with Gasteiger partial charge in [0.15, 0.2) is 5.78 Å². The summed E-state index contributed by atoms with van der Waals surface area (Å²) in [6.07, 6.45) is 0.214. The molecule has 1 aliphatic heterocycles. The predicted octanol–water partition coefficient (Wildman–Crippen LogP) is 3.10. The molecule has 0 bridgehead atoms. The lowest BCUT2D eigenvalue weighted by Gasteiger charge is -2.27. The Morgan fingerprint density at radius 2 is 1.78 bits per heavy atom. The maximum Gasteiger partial charge on any atom is 0.261 e. The number of nitrogens with zero attached hydrogens (tertiary/aromatic N) is 3. The second-order valence-electron chi connectivity index (χ2n) is 6.74. The molecule has 2 heterocycles. The van der Waals surface area contributed by atoms with E-state index in [0.717, 1.165) is 0 Å². The van der Waals surface area contributed by atoms with Gasteiger partial charge in [-0.15, -0.1) is 0 Å². The van der Waals surface area contributed by atoms with Crippen LogP contribution in [0.5, 0.6) is 0 Å². The van der Waals surface area contributed by atoms with Gasteiger partial charge in [-0.2, -0.15) is 0 Å². The van der Waals surface area contributed by atoms with E-state index in [1.54, 1.807) is 39.8 Å². The van der Waals surface area contributed by atoms with E-state index in [1.807, 2.05) is 25.1 Å². The monoisotopic (exact) mass is 361 g/mol. The molecule has 2 aromatic carbocycles. The van der Waals surface area contributed by atoms with Crippen molar-refractivity contribution in [3.05, 3.63) is 70.3 Å². The Morgan fingerprint density at radius 1 is 1.07 bits per heavy atom.